The molecule has 21 heavy (non-hydrogen) atoms. The van der Waals surface area contributed by atoms with E-state index in [9.17, 15) is 0 Å². The first-order valence-electron chi connectivity index (χ1n) is 6.66. The summed E-state index contributed by atoms with van der Waals surface area (Å²) in [7, 11) is 3.95. The van der Waals surface area contributed by atoms with Crippen LogP contribution in [-0.4, -0.2) is 24.9 Å². The van der Waals surface area contributed by atoms with Gasteiger partial charge in [0, 0.05) is 37.6 Å². The second-order valence-corrected chi connectivity index (χ2v) is 5.13. The van der Waals surface area contributed by atoms with Crippen molar-refractivity contribution in [1.29, 1.82) is 5.41 Å². The number of ether oxygens (including phenoxy) is 1. The zero-order chi connectivity index (χ0) is 15.6. The van der Waals surface area contributed by atoms with E-state index in [1.807, 2.05) is 57.1 Å². The number of nitrogens with zero attached hydrogens (tertiary/aromatic N) is 2. The Bertz CT molecular complexity index is 680. The van der Waals surface area contributed by atoms with Crippen LogP contribution in [0.1, 0.15) is 17.0 Å². The molecule has 110 valence electrons. The van der Waals surface area contributed by atoms with E-state index in [-0.39, 0.29) is 5.84 Å². The summed E-state index contributed by atoms with van der Waals surface area (Å²) in [6, 6.07) is 9.55. The lowest BCUT2D eigenvalue weighted by Crippen LogP contribution is -2.15. The average Bonchev–Trinajstić information content (AvgIpc) is 2.37. The molecule has 0 aliphatic heterocycles. The van der Waals surface area contributed by atoms with Gasteiger partial charge in [0.15, 0.2) is 0 Å². The monoisotopic (exact) mass is 284 g/mol. The van der Waals surface area contributed by atoms with E-state index >= 15 is 0 Å². The lowest BCUT2D eigenvalue weighted by molar-refractivity contribution is 0.479. The van der Waals surface area contributed by atoms with Crippen molar-refractivity contribution >= 4 is 11.5 Å². The number of pyridine rings is 1. The molecule has 1 aromatic carbocycles. The second-order valence-electron chi connectivity index (χ2n) is 5.13. The Kier molecular flexibility index (Phi) is 4.12. The van der Waals surface area contributed by atoms with E-state index in [2.05, 4.69) is 4.98 Å². The Morgan fingerprint density at radius 2 is 1.95 bits per heavy atom. The molecule has 2 aromatic rings. The fraction of sp³-hybridized carbons (Fsp3) is 0.250. The topological polar surface area (TPSA) is 75.2 Å². The van der Waals surface area contributed by atoms with Crippen LogP contribution in [0.2, 0.25) is 0 Å². The summed E-state index contributed by atoms with van der Waals surface area (Å²) in [5.41, 5.74) is 8.76. The third-order valence-electron chi connectivity index (χ3n) is 3.12. The van der Waals surface area contributed by atoms with Crippen molar-refractivity contribution < 1.29 is 4.74 Å². The van der Waals surface area contributed by atoms with Crippen molar-refractivity contribution in [2.75, 3.05) is 19.0 Å². The molecule has 0 atom stereocenters. The van der Waals surface area contributed by atoms with E-state index in [4.69, 9.17) is 15.9 Å². The van der Waals surface area contributed by atoms with Crippen molar-refractivity contribution in [2.45, 2.75) is 13.8 Å². The van der Waals surface area contributed by atoms with Crippen LogP contribution >= 0.6 is 0 Å². The number of benzene rings is 1. The summed E-state index contributed by atoms with van der Waals surface area (Å²) in [6.07, 6.45) is 0. The van der Waals surface area contributed by atoms with E-state index in [0.717, 1.165) is 11.4 Å². The zero-order valence-corrected chi connectivity index (χ0v) is 12.8. The maximum atomic E-state index is 7.71. The van der Waals surface area contributed by atoms with Gasteiger partial charge in [-0.25, -0.2) is 0 Å². The van der Waals surface area contributed by atoms with Gasteiger partial charge in [-0.15, -0.1) is 0 Å². The van der Waals surface area contributed by atoms with Crippen LogP contribution in [0.5, 0.6) is 11.5 Å². The van der Waals surface area contributed by atoms with Gasteiger partial charge in [0.1, 0.15) is 17.3 Å². The summed E-state index contributed by atoms with van der Waals surface area (Å²) in [6.45, 7) is 3.72. The number of hydrogen-bond acceptors (Lipinski definition) is 4. The average molecular weight is 284 g/mol. The highest BCUT2D eigenvalue weighted by Gasteiger charge is 2.13. The van der Waals surface area contributed by atoms with Gasteiger partial charge in [-0.2, -0.15) is 0 Å². The molecular formula is C16H20N4O. The van der Waals surface area contributed by atoms with Crippen LogP contribution in [0.3, 0.4) is 0 Å². The molecule has 0 bridgehead atoms. The van der Waals surface area contributed by atoms with E-state index in [1.165, 1.54) is 0 Å². The number of hydrogen-bond donors (Lipinski definition) is 2. The van der Waals surface area contributed by atoms with Crippen molar-refractivity contribution in [2.24, 2.45) is 5.73 Å². The number of rotatable bonds is 4. The molecule has 0 spiro atoms. The Morgan fingerprint density at radius 1 is 1.24 bits per heavy atom. The molecule has 0 aliphatic carbocycles. The first-order chi connectivity index (χ1) is 9.88. The van der Waals surface area contributed by atoms with Gasteiger partial charge < -0.3 is 15.4 Å². The van der Waals surface area contributed by atoms with Crippen molar-refractivity contribution in [3.8, 4) is 11.5 Å². The largest absolute Gasteiger partial charge is 0.456 e. The Hall–Kier alpha value is -2.56. The van der Waals surface area contributed by atoms with Crippen LogP contribution in [0.25, 0.3) is 0 Å². The molecule has 0 radical (unpaired) electrons. The fourth-order valence-electron chi connectivity index (χ4n) is 2.15. The first-order valence-corrected chi connectivity index (χ1v) is 6.66. The molecule has 5 nitrogen and oxygen atoms in total. The zero-order valence-electron chi connectivity index (χ0n) is 12.8. The van der Waals surface area contributed by atoms with Gasteiger partial charge in [-0.05, 0) is 26.0 Å². The van der Waals surface area contributed by atoms with E-state index < -0.39 is 0 Å². The minimum Gasteiger partial charge on any atom is -0.456 e. The number of anilines is 1. The minimum atomic E-state index is -0.0428. The predicted molar refractivity (Wildman–Crippen MR) is 85.6 cm³/mol. The normalized spacial score (nSPS) is 10.3. The molecular weight excluding hydrogens is 264 g/mol. The predicted octanol–water partition coefficient (Wildman–Crippen LogP) is 2.84. The molecule has 1 aromatic heterocycles. The lowest BCUT2D eigenvalue weighted by Gasteiger charge is -2.16. The maximum absolute atomic E-state index is 7.71. The van der Waals surface area contributed by atoms with Crippen molar-refractivity contribution in [3.63, 3.8) is 0 Å². The summed E-state index contributed by atoms with van der Waals surface area (Å²) < 4.78 is 5.94. The van der Waals surface area contributed by atoms with Gasteiger partial charge in [-0.3, -0.25) is 10.4 Å². The van der Waals surface area contributed by atoms with E-state index in [0.29, 0.717) is 22.8 Å². The molecule has 0 saturated heterocycles. The van der Waals surface area contributed by atoms with Crippen LogP contribution in [0.4, 0.5) is 5.69 Å². The van der Waals surface area contributed by atoms with Gasteiger partial charge in [-0.1, -0.05) is 6.07 Å². The summed E-state index contributed by atoms with van der Waals surface area (Å²) in [5.74, 6) is 1.22. The molecule has 0 fully saturated rings. The molecule has 0 unspecified atom stereocenters. The molecule has 5 heteroatoms. The third-order valence-corrected chi connectivity index (χ3v) is 3.12. The highest BCUT2D eigenvalue weighted by Crippen LogP contribution is 2.29. The maximum Gasteiger partial charge on any atom is 0.141 e. The van der Waals surface area contributed by atoms with Crippen LogP contribution in [-0.2, 0) is 0 Å². The van der Waals surface area contributed by atoms with Crippen molar-refractivity contribution in [3.05, 3.63) is 47.3 Å². The smallest absolute Gasteiger partial charge is 0.141 e. The highest BCUT2D eigenvalue weighted by molar-refractivity contribution is 5.98. The Balaban J connectivity index is 2.44. The number of nitrogens with one attached hydrogen (secondary N) is 1. The molecule has 1 heterocycles. The van der Waals surface area contributed by atoms with Crippen LogP contribution < -0.4 is 15.4 Å². The van der Waals surface area contributed by atoms with Crippen LogP contribution in [0, 0.1) is 19.3 Å². The number of nitrogen functional groups attached to an aromatic ring is 1. The Morgan fingerprint density at radius 3 is 2.57 bits per heavy atom. The van der Waals surface area contributed by atoms with Gasteiger partial charge in [0.25, 0.3) is 0 Å². The fourth-order valence-corrected chi connectivity index (χ4v) is 2.15. The lowest BCUT2D eigenvalue weighted by atomic mass is 10.1. The number of nitrogens with two attached hydrogens (primary N) is 1. The van der Waals surface area contributed by atoms with Gasteiger partial charge in [0.2, 0.25) is 0 Å². The molecule has 3 N–H and O–H groups in total. The first kappa shape index (κ1) is 14.8. The number of aryl methyl sites for hydroxylation is 2. The number of amidine groups is 1. The van der Waals surface area contributed by atoms with Gasteiger partial charge in [0.05, 0.1) is 11.3 Å². The van der Waals surface area contributed by atoms with Crippen molar-refractivity contribution in [1.82, 2.24) is 4.98 Å². The SMILES string of the molecule is Cc1cc(Oc2cccc(N(C)C)c2)c(C(=N)N)c(C)n1. The molecule has 0 aliphatic rings. The van der Waals surface area contributed by atoms with Gasteiger partial charge >= 0.3 is 0 Å². The third kappa shape index (κ3) is 3.31. The van der Waals surface area contributed by atoms with E-state index in [1.54, 1.807) is 6.07 Å². The summed E-state index contributed by atoms with van der Waals surface area (Å²) in [5, 5.41) is 7.71. The minimum absolute atomic E-state index is 0.0428. The van der Waals surface area contributed by atoms with Crippen LogP contribution in [0.15, 0.2) is 30.3 Å². The highest BCUT2D eigenvalue weighted by atomic mass is 16.5. The molecule has 0 amide bonds. The second kappa shape index (κ2) is 5.83. The molecule has 2 rings (SSSR count). The number of aromatic nitrogens is 1. The summed E-state index contributed by atoms with van der Waals surface area (Å²) >= 11 is 0. The molecule has 0 saturated carbocycles. The summed E-state index contributed by atoms with van der Waals surface area (Å²) in [4.78, 5) is 6.34. The standard InChI is InChI=1S/C16H20N4O/c1-10-8-14(15(16(17)18)11(2)19-10)21-13-7-5-6-12(9-13)20(3)4/h5-9H,1-4H3,(H3,17,18). The Labute approximate surface area is 124 Å². The quantitative estimate of drug-likeness (QED) is 0.668.